The minimum Gasteiger partial charge on any atom is -0.444 e. The fraction of sp³-hybridized carbons (Fsp3) is 0.514. The number of pyridine rings is 1. The first-order valence-electron chi connectivity index (χ1n) is 17.5. The molecule has 0 unspecified atom stereocenters. The zero-order valence-electron chi connectivity index (χ0n) is 30.6. The molecule has 2 aliphatic rings. The second-order valence-electron chi connectivity index (χ2n) is 15.0. The van der Waals surface area contributed by atoms with Gasteiger partial charge >= 0.3 is 12.2 Å². The first-order valence-corrected chi connectivity index (χ1v) is 19.3. The van der Waals surface area contributed by atoms with Gasteiger partial charge in [0, 0.05) is 24.0 Å². The van der Waals surface area contributed by atoms with E-state index in [0.717, 1.165) is 24.2 Å². The van der Waals surface area contributed by atoms with Crippen molar-refractivity contribution >= 4 is 67.1 Å². The molecular formula is C37H43F2N7O4S2. The number of nitrogens with one attached hydrogen (secondary N) is 1. The Balaban J connectivity index is 1.51. The Morgan fingerprint density at radius 2 is 1.79 bits per heavy atom. The molecule has 0 spiro atoms. The zero-order chi connectivity index (χ0) is 37.7. The lowest BCUT2D eigenvalue weighted by molar-refractivity contribution is 0.0232. The van der Waals surface area contributed by atoms with E-state index in [1.807, 2.05) is 34.6 Å². The average molecular weight is 752 g/mol. The normalized spacial score (nSPS) is 17.9. The van der Waals surface area contributed by atoms with Crippen LogP contribution >= 0.6 is 23.1 Å². The van der Waals surface area contributed by atoms with E-state index in [1.165, 1.54) is 23.9 Å². The Morgan fingerprint density at radius 3 is 2.46 bits per heavy atom. The van der Waals surface area contributed by atoms with Gasteiger partial charge in [-0.25, -0.2) is 33.3 Å². The molecule has 3 aromatic heterocycles. The van der Waals surface area contributed by atoms with Crippen molar-refractivity contribution < 1.29 is 27.8 Å². The van der Waals surface area contributed by atoms with Crippen LogP contribution in [0.1, 0.15) is 85.9 Å². The van der Waals surface area contributed by atoms with Gasteiger partial charge in [-0.3, -0.25) is 5.32 Å². The second kappa shape index (κ2) is 14.3. The van der Waals surface area contributed by atoms with Crippen molar-refractivity contribution in [2.45, 2.75) is 110 Å². The predicted molar refractivity (Wildman–Crippen MR) is 200 cm³/mol. The minimum atomic E-state index is -0.806. The number of amides is 2. The van der Waals surface area contributed by atoms with Crippen molar-refractivity contribution in [3.05, 3.63) is 35.0 Å². The molecule has 2 aliphatic heterocycles. The van der Waals surface area contributed by atoms with Gasteiger partial charge in [0.25, 0.3) is 0 Å². The average Bonchev–Trinajstić information content (AvgIpc) is 3.60. The predicted octanol–water partition coefficient (Wildman–Crippen LogP) is 9.06. The van der Waals surface area contributed by atoms with E-state index in [1.54, 1.807) is 25.7 Å². The van der Waals surface area contributed by atoms with Crippen molar-refractivity contribution in [1.82, 2.24) is 19.9 Å². The van der Waals surface area contributed by atoms with E-state index in [9.17, 15) is 14.9 Å². The van der Waals surface area contributed by atoms with Gasteiger partial charge in [0.1, 0.15) is 45.1 Å². The van der Waals surface area contributed by atoms with Gasteiger partial charge in [-0.05, 0) is 92.0 Å². The van der Waals surface area contributed by atoms with Crippen molar-refractivity contribution in [2.24, 2.45) is 0 Å². The van der Waals surface area contributed by atoms with Crippen molar-refractivity contribution in [3.8, 4) is 17.3 Å². The molecule has 4 aromatic rings. The van der Waals surface area contributed by atoms with Crippen molar-refractivity contribution in [1.29, 1.82) is 5.26 Å². The number of nitrogens with zero attached hydrogens (tertiary/aromatic N) is 6. The largest absolute Gasteiger partial charge is 0.444 e. The lowest BCUT2D eigenvalue weighted by Crippen LogP contribution is -2.47. The van der Waals surface area contributed by atoms with Gasteiger partial charge in [-0.2, -0.15) is 5.26 Å². The molecule has 276 valence electrons. The molecular weight excluding hydrogens is 709 g/mol. The standard InChI is InChI=1S/C37H43F2N7O4S2/c1-9-51-33-42-29-26-23(12-10-11-16-46(31(26)43-33)24-15-17-45(19(24)2)35(48)50-37(6,7)8)41-28(27(29)39)20-13-14-22(38)30-25(20)21(18-40)32(52-30)44-34(47)49-36(3,4)5/h13-14,19,24H,9-12,15-17H2,1-8H3,(H,44,47)/t19-,24-/m1/s1. The summed E-state index contributed by atoms with van der Waals surface area (Å²) in [5, 5.41) is 14.0. The van der Waals surface area contributed by atoms with Crippen molar-refractivity contribution in [2.75, 3.05) is 29.1 Å². The molecule has 52 heavy (non-hydrogen) atoms. The number of likely N-dealkylation sites (tertiary alicyclic amines) is 1. The second-order valence-corrected chi connectivity index (χ2v) is 17.2. The Hall–Kier alpha value is -4.29. The van der Waals surface area contributed by atoms with E-state index in [0.29, 0.717) is 53.7 Å². The topological polar surface area (TPSA) is 134 Å². The minimum absolute atomic E-state index is 0.0223. The molecule has 0 aliphatic carbocycles. The summed E-state index contributed by atoms with van der Waals surface area (Å²) in [4.78, 5) is 44.4. The molecule has 1 saturated heterocycles. The van der Waals surface area contributed by atoms with Crippen LogP contribution in [0.25, 0.3) is 32.2 Å². The Bertz CT molecular complexity index is 2100. The fourth-order valence-corrected chi connectivity index (χ4v) is 8.48. The SMILES string of the molecule is CCSc1nc2c3c(nc(-c4ccc(F)c5sc(NC(=O)OC(C)(C)C)c(C#N)c45)c(F)c3n1)CCCCN2[C@@H]1CCN(C(=O)OC(C)(C)C)[C@@H]1C. The Kier molecular flexibility index (Phi) is 10.3. The number of thioether (sulfide) groups is 1. The molecule has 0 radical (unpaired) electrons. The molecule has 1 N–H and O–H groups in total. The lowest BCUT2D eigenvalue weighted by Gasteiger charge is -2.36. The number of carbonyl (C=O) groups excluding carboxylic acids is 2. The van der Waals surface area contributed by atoms with E-state index in [-0.39, 0.29) is 55.6 Å². The number of hydrogen-bond acceptors (Lipinski definition) is 11. The number of aromatic nitrogens is 3. The number of fused-ring (bicyclic) bond motifs is 1. The molecule has 0 saturated carbocycles. The molecule has 5 heterocycles. The summed E-state index contributed by atoms with van der Waals surface area (Å²) >= 11 is 2.26. The van der Waals surface area contributed by atoms with Crippen LogP contribution in [0.3, 0.4) is 0 Å². The van der Waals surface area contributed by atoms with Gasteiger partial charge in [-0.1, -0.05) is 18.7 Å². The molecule has 11 nitrogen and oxygen atoms in total. The van der Waals surface area contributed by atoms with Crippen LogP contribution in [0.2, 0.25) is 0 Å². The molecule has 1 aromatic carbocycles. The summed E-state index contributed by atoms with van der Waals surface area (Å²) < 4.78 is 43.7. The first kappa shape index (κ1) is 37.5. The summed E-state index contributed by atoms with van der Waals surface area (Å²) in [6.07, 6.45) is 1.56. The van der Waals surface area contributed by atoms with Gasteiger partial charge < -0.3 is 19.3 Å². The van der Waals surface area contributed by atoms with E-state index in [4.69, 9.17) is 24.4 Å². The summed E-state index contributed by atoms with van der Waals surface area (Å²) in [5.41, 5.74) is -0.652. The van der Waals surface area contributed by atoms with Crippen LogP contribution in [-0.4, -0.2) is 74.2 Å². The van der Waals surface area contributed by atoms with Crippen molar-refractivity contribution in [3.63, 3.8) is 0 Å². The summed E-state index contributed by atoms with van der Waals surface area (Å²) in [6.45, 7) is 15.8. The van der Waals surface area contributed by atoms with Crippen LogP contribution in [-0.2, 0) is 15.9 Å². The molecule has 15 heteroatoms. The number of hydrogen-bond donors (Lipinski definition) is 1. The quantitative estimate of drug-likeness (QED) is 0.156. The third kappa shape index (κ3) is 7.32. The molecule has 6 rings (SSSR count). The third-order valence-corrected chi connectivity index (χ3v) is 10.8. The van der Waals surface area contributed by atoms with Crippen LogP contribution < -0.4 is 10.2 Å². The van der Waals surface area contributed by atoms with E-state index in [2.05, 4.69) is 16.3 Å². The highest BCUT2D eigenvalue weighted by atomic mass is 32.2. The Labute approximate surface area is 310 Å². The number of rotatable bonds is 5. The van der Waals surface area contributed by atoms with Crippen LogP contribution in [0.15, 0.2) is 17.3 Å². The molecule has 2 atom stereocenters. The maximum atomic E-state index is 17.2. The van der Waals surface area contributed by atoms with Crippen LogP contribution in [0.5, 0.6) is 0 Å². The molecule has 1 fully saturated rings. The number of thiophene rings is 1. The number of carbonyl (C=O) groups is 2. The highest BCUT2D eigenvalue weighted by Gasteiger charge is 2.41. The summed E-state index contributed by atoms with van der Waals surface area (Å²) in [7, 11) is 0. The smallest absolute Gasteiger partial charge is 0.412 e. The van der Waals surface area contributed by atoms with Gasteiger partial charge in [0.2, 0.25) is 0 Å². The highest BCUT2D eigenvalue weighted by molar-refractivity contribution is 7.99. The summed E-state index contributed by atoms with van der Waals surface area (Å²) in [6, 6.07) is 4.39. The van der Waals surface area contributed by atoms with Crippen LogP contribution in [0.4, 0.5) is 29.2 Å². The van der Waals surface area contributed by atoms with Gasteiger partial charge in [0.05, 0.1) is 33.4 Å². The number of halogens is 2. The van der Waals surface area contributed by atoms with E-state index >= 15 is 8.78 Å². The number of ether oxygens (including phenoxy) is 2. The van der Waals surface area contributed by atoms with Gasteiger partial charge in [-0.15, -0.1) is 11.3 Å². The molecule has 0 bridgehead atoms. The van der Waals surface area contributed by atoms with E-state index < -0.39 is 28.9 Å². The zero-order valence-corrected chi connectivity index (χ0v) is 32.3. The highest BCUT2D eigenvalue weighted by Crippen LogP contribution is 2.45. The Morgan fingerprint density at radius 1 is 1.06 bits per heavy atom. The van der Waals surface area contributed by atoms with Crippen LogP contribution in [0, 0.1) is 23.0 Å². The van der Waals surface area contributed by atoms with Gasteiger partial charge in [0.15, 0.2) is 11.0 Å². The maximum Gasteiger partial charge on any atom is 0.412 e. The third-order valence-electron chi connectivity index (χ3n) is 8.94. The number of nitriles is 1. The monoisotopic (exact) mass is 751 g/mol. The number of anilines is 2. The fourth-order valence-electron chi connectivity index (χ4n) is 6.85. The lowest BCUT2D eigenvalue weighted by atomic mass is 9.98. The maximum absolute atomic E-state index is 17.2. The number of aryl methyl sites for hydroxylation is 1. The molecule has 2 amide bonds. The first-order chi connectivity index (χ1) is 24.5. The summed E-state index contributed by atoms with van der Waals surface area (Å²) in [5.74, 6) is -0.129. The number of benzene rings is 1.